The molecule has 3 nitrogen and oxygen atoms in total. The Morgan fingerprint density at radius 3 is 2.88 bits per heavy atom. The number of hydrogen-bond acceptors (Lipinski definition) is 3. The van der Waals surface area contributed by atoms with Crippen LogP contribution in [-0.4, -0.2) is 13.7 Å². The number of ether oxygens (including phenoxy) is 1. The van der Waals surface area contributed by atoms with Gasteiger partial charge in [0.2, 0.25) is 0 Å². The van der Waals surface area contributed by atoms with Crippen molar-refractivity contribution in [3.8, 4) is 11.8 Å². The molecule has 1 aliphatic rings. The van der Waals surface area contributed by atoms with E-state index in [9.17, 15) is 0 Å². The van der Waals surface area contributed by atoms with Crippen molar-refractivity contribution in [2.24, 2.45) is 5.92 Å². The second-order valence-corrected chi connectivity index (χ2v) is 4.57. The molecule has 1 aromatic carbocycles. The SMILES string of the molecule is COc1cc(CNCC2CCC2)ccc1C#N. The Morgan fingerprint density at radius 2 is 2.29 bits per heavy atom. The lowest BCUT2D eigenvalue weighted by Crippen LogP contribution is -2.26. The van der Waals surface area contributed by atoms with Gasteiger partial charge in [0.15, 0.2) is 0 Å². The number of nitrogens with zero attached hydrogens (tertiary/aromatic N) is 1. The van der Waals surface area contributed by atoms with Crippen LogP contribution in [0, 0.1) is 17.2 Å². The van der Waals surface area contributed by atoms with Crippen LogP contribution in [0.2, 0.25) is 0 Å². The number of nitriles is 1. The first-order valence-corrected chi connectivity index (χ1v) is 6.11. The van der Waals surface area contributed by atoms with Gasteiger partial charge in [0, 0.05) is 6.54 Å². The minimum Gasteiger partial charge on any atom is -0.495 e. The highest BCUT2D eigenvalue weighted by molar-refractivity contribution is 5.45. The molecule has 1 aliphatic carbocycles. The maximum atomic E-state index is 8.88. The molecule has 1 aromatic rings. The monoisotopic (exact) mass is 230 g/mol. The van der Waals surface area contributed by atoms with Gasteiger partial charge >= 0.3 is 0 Å². The van der Waals surface area contributed by atoms with Crippen LogP contribution in [0.5, 0.6) is 5.75 Å². The Morgan fingerprint density at radius 1 is 1.47 bits per heavy atom. The van der Waals surface area contributed by atoms with Crippen molar-refractivity contribution >= 4 is 0 Å². The molecule has 0 unspecified atom stereocenters. The Kier molecular flexibility index (Phi) is 4.00. The number of hydrogen-bond donors (Lipinski definition) is 1. The highest BCUT2D eigenvalue weighted by atomic mass is 16.5. The molecule has 1 saturated carbocycles. The molecular formula is C14H18N2O. The fourth-order valence-electron chi connectivity index (χ4n) is 2.06. The number of rotatable bonds is 5. The van der Waals surface area contributed by atoms with Crippen LogP contribution < -0.4 is 10.1 Å². The van der Waals surface area contributed by atoms with Gasteiger partial charge in [-0.15, -0.1) is 0 Å². The van der Waals surface area contributed by atoms with E-state index in [-0.39, 0.29) is 0 Å². The third kappa shape index (κ3) is 2.98. The van der Waals surface area contributed by atoms with Crippen LogP contribution in [0.15, 0.2) is 18.2 Å². The average molecular weight is 230 g/mol. The van der Waals surface area contributed by atoms with Gasteiger partial charge in [-0.05, 0) is 43.0 Å². The fraction of sp³-hybridized carbons (Fsp3) is 0.500. The topological polar surface area (TPSA) is 45.0 Å². The van der Waals surface area contributed by atoms with Crippen molar-refractivity contribution < 1.29 is 4.74 Å². The van der Waals surface area contributed by atoms with Gasteiger partial charge in [-0.3, -0.25) is 0 Å². The molecule has 0 radical (unpaired) electrons. The van der Waals surface area contributed by atoms with Crippen molar-refractivity contribution in [1.82, 2.24) is 5.32 Å². The van der Waals surface area contributed by atoms with Crippen molar-refractivity contribution in [2.45, 2.75) is 25.8 Å². The van der Waals surface area contributed by atoms with E-state index in [1.54, 1.807) is 7.11 Å². The molecule has 0 spiro atoms. The lowest BCUT2D eigenvalue weighted by Gasteiger charge is -2.25. The summed E-state index contributed by atoms with van der Waals surface area (Å²) in [7, 11) is 1.60. The predicted octanol–water partition coefficient (Wildman–Crippen LogP) is 2.46. The average Bonchev–Trinajstić information content (AvgIpc) is 2.32. The molecule has 0 amide bonds. The van der Waals surface area contributed by atoms with Gasteiger partial charge < -0.3 is 10.1 Å². The van der Waals surface area contributed by atoms with Gasteiger partial charge in [0.1, 0.15) is 11.8 Å². The summed E-state index contributed by atoms with van der Waals surface area (Å²) in [6.45, 7) is 1.95. The molecule has 90 valence electrons. The smallest absolute Gasteiger partial charge is 0.136 e. The second-order valence-electron chi connectivity index (χ2n) is 4.57. The molecule has 2 rings (SSSR count). The maximum absolute atomic E-state index is 8.88. The summed E-state index contributed by atoms with van der Waals surface area (Å²) in [5, 5.41) is 12.3. The minimum atomic E-state index is 0.593. The molecule has 3 heteroatoms. The number of methoxy groups -OCH3 is 1. The van der Waals surface area contributed by atoms with Gasteiger partial charge in [-0.1, -0.05) is 12.5 Å². The zero-order valence-electron chi connectivity index (χ0n) is 10.2. The first kappa shape index (κ1) is 11.9. The Bertz CT molecular complexity index is 419. The van der Waals surface area contributed by atoms with E-state index >= 15 is 0 Å². The number of nitrogens with one attached hydrogen (secondary N) is 1. The summed E-state index contributed by atoms with van der Waals surface area (Å²) in [6, 6.07) is 7.86. The van der Waals surface area contributed by atoms with Gasteiger partial charge in [-0.2, -0.15) is 5.26 Å². The van der Waals surface area contributed by atoms with E-state index in [0.717, 1.165) is 19.0 Å². The van der Waals surface area contributed by atoms with Crippen LogP contribution in [-0.2, 0) is 6.54 Å². The quantitative estimate of drug-likeness (QED) is 0.845. The van der Waals surface area contributed by atoms with E-state index in [2.05, 4.69) is 11.4 Å². The predicted molar refractivity (Wildman–Crippen MR) is 66.8 cm³/mol. The van der Waals surface area contributed by atoms with Crippen molar-refractivity contribution in [2.75, 3.05) is 13.7 Å². The van der Waals surface area contributed by atoms with Crippen LogP contribution in [0.4, 0.5) is 0 Å². The van der Waals surface area contributed by atoms with E-state index in [0.29, 0.717) is 11.3 Å². The van der Waals surface area contributed by atoms with Crippen LogP contribution in [0.1, 0.15) is 30.4 Å². The number of benzene rings is 1. The molecular weight excluding hydrogens is 212 g/mol. The lowest BCUT2D eigenvalue weighted by atomic mass is 9.85. The zero-order valence-corrected chi connectivity index (χ0v) is 10.2. The molecule has 0 aliphatic heterocycles. The maximum Gasteiger partial charge on any atom is 0.136 e. The Hall–Kier alpha value is -1.53. The minimum absolute atomic E-state index is 0.593. The Balaban J connectivity index is 1.89. The molecule has 0 aromatic heterocycles. The summed E-state index contributed by atoms with van der Waals surface area (Å²) >= 11 is 0. The van der Waals surface area contributed by atoms with E-state index < -0.39 is 0 Å². The van der Waals surface area contributed by atoms with Crippen LogP contribution in [0.3, 0.4) is 0 Å². The van der Waals surface area contributed by atoms with Gasteiger partial charge in [0.25, 0.3) is 0 Å². The van der Waals surface area contributed by atoms with E-state index in [4.69, 9.17) is 10.00 Å². The van der Waals surface area contributed by atoms with E-state index in [1.165, 1.54) is 24.8 Å². The molecule has 0 heterocycles. The van der Waals surface area contributed by atoms with Crippen LogP contribution >= 0.6 is 0 Å². The second kappa shape index (κ2) is 5.70. The van der Waals surface area contributed by atoms with Gasteiger partial charge in [0.05, 0.1) is 12.7 Å². The molecule has 0 bridgehead atoms. The van der Waals surface area contributed by atoms with E-state index in [1.807, 2.05) is 18.2 Å². The lowest BCUT2D eigenvalue weighted by molar-refractivity contribution is 0.301. The zero-order chi connectivity index (χ0) is 12.1. The van der Waals surface area contributed by atoms with Crippen molar-refractivity contribution in [3.63, 3.8) is 0 Å². The molecule has 1 N–H and O–H groups in total. The van der Waals surface area contributed by atoms with Gasteiger partial charge in [-0.25, -0.2) is 0 Å². The normalized spacial score (nSPS) is 15.1. The summed E-state index contributed by atoms with van der Waals surface area (Å²) in [4.78, 5) is 0. The standard InChI is InChI=1S/C14H18N2O/c1-17-14-7-12(5-6-13(14)8-15)10-16-9-11-3-2-4-11/h5-7,11,16H,2-4,9-10H2,1H3. The molecule has 0 atom stereocenters. The summed E-state index contributed by atoms with van der Waals surface area (Å²) < 4.78 is 5.19. The van der Waals surface area contributed by atoms with Crippen LogP contribution in [0.25, 0.3) is 0 Å². The molecule has 0 saturated heterocycles. The molecule has 1 fully saturated rings. The van der Waals surface area contributed by atoms with Crippen molar-refractivity contribution in [3.05, 3.63) is 29.3 Å². The third-order valence-corrected chi connectivity index (χ3v) is 3.37. The fourth-order valence-corrected chi connectivity index (χ4v) is 2.06. The summed E-state index contributed by atoms with van der Waals surface area (Å²) in [6.07, 6.45) is 4.12. The first-order chi connectivity index (χ1) is 8.33. The molecule has 17 heavy (non-hydrogen) atoms. The Labute approximate surface area is 102 Å². The third-order valence-electron chi connectivity index (χ3n) is 3.37. The highest BCUT2D eigenvalue weighted by Crippen LogP contribution is 2.25. The summed E-state index contributed by atoms with van der Waals surface area (Å²) in [5.74, 6) is 1.53. The van der Waals surface area contributed by atoms with Crippen molar-refractivity contribution in [1.29, 1.82) is 5.26 Å². The first-order valence-electron chi connectivity index (χ1n) is 6.11. The summed E-state index contributed by atoms with van der Waals surface area (Å²) in [5.41, 5.74) is 1.76. The largest absolute Gasteiger partial charge is 0.495 e. The highest BCUT2D eigenvalue weighted by Gasteiger charge is 2.16.